The summed E-state index contributed by atoms with van der Waals surface area (Å²) >= 11 is 7.76. The molecule has 0 atom stereocenters. The second-order valence-electron chi connectivity index (χ2n) is 5.92. The van der Waals surface area contributed by atoms with E-state index in [1.54, 1.807) is 11.8 Å². The molecule has 2 nitrogen and oxygen atoms in total. The number of hydrogen-bond acceptors (Lipinski definition) is 2. The second-order valence-corrected chi connectivity index (χ2v) is 7.32. The average molecular weight is 377 g/mol. The van der Waals surface area contributed by atoms with E-state index in [-0.39, 0.29) is 0 Å². The Morgan fingerprint density at radius 1 is 0.808 bits per heavy atom. The minimum atomic E-state index is 0.762. The van der Waals surface area contributed by atoms with Gasteiger partial charge in [0, 0.05) is 21.9 Å². The third-order valence-electron chi connectivity index (χ3n) is 4.06. The summed E-state index contributed by atoms with van der Waals surface area (Å²) in [6.45, 7) is 0. The monoisotopic (exact) mass is 376 g/mol. The van der Waals surface area contributed by atoms with Crippen molar-refractivity contribution in [2.75, 3.05) is 0 Å². The molecule has 0 aliphatic carbocycles. The summed E-state index contributed by atoms with van der Waals surface area (Å²) in [6.07, 6.45) is 0. The van der Waals surface area contributed by atoms with Crippen LogP contribution in [0.3, 0.4) is 0 Å². The summed E-state index contributed by atoms with van der Waals surface area (Å²) in [7, 11) is 0. The zero-order valence-corrected chi connectivity index (χ0v) is 15.6. The summed E-state index contributed by atoms with van der Waals surface area (Å²) < 4.78 is 0. The Bertz CT molecular complexity index is 940. The number of H-pyrrole nitrogens is 1. The molecule has 0 aliphatic rings. The van der Waals surface area contributed by atoms with E-state index in [0.29, 0.717) is 0 Å². The van der Waals surface area contributed by atoms with E-state index in [4.69, 9.17) is 16.6 Å². The van der Waals surface area contributed by atoms with Crippen LogP contribution in [-0.4, -0.2) is 9.97 Å². The number of imidazole rings is 1. The SMILES string of the molecule is Clc1cccc(CSc2nc(-c3ccccc3)c(-c3ccccc3)[nH]2)c1. The molecule has 1 heterocycles. The van der Waals surface area contributed by atoms with Crippen molar-refractivity contribution < 1.29 is 0 Å². The van der Waals surface area contributed by atoms with E-state index in [2.05, 4.69) is 35.3 Å². The van der Waals surface area contributed by atoms with E-state index in [9.17, 15) is 0 Å². The van der Waals surface area contributed by atoms with Gasteiger partial charge in [0.05, 0.1) is 11.4 Å². The molecule has 0 spiro atoms. The van der Waals surface area contributed by atoms with Crippen LogP contribution in [-0.2, 0) is 5.75 Å². The second kappa shape index (κ2) is 7.81. The van der Waals surface area contributed by atoms with E-state index in [1.807, 2.05) is 54.6 Å². The number of rotatable bonds is 5. The number of aromatic amines is 1. The van der Waals surface area contributed by atoms with E-state index >= 15 is 0 Å². The number of nitrogens with zero attached hydrogens (tertiary/aromatic N) is 1. The molecule has 4 aromatic rings. The van der Waals surface area contributed by atoms with Gasteiger partial charge in [-0.3, -0.25) is 0 Å². The fraction of sp³-hybridized carbons (Fsp3) is 0.0455. The van der Waals surface area contributed by atoms with Gasteiger partial charge in [0.1, 0.15) is 0 Å². The van der Waals surface area contributed by atoms with Crippen molar-refractivity contribution in [3.63, 3.8) is 0 Å². The van der Waals surface area contributed by atoms with Gasteiger partial charge in [0.25, 0.3) is 0 Å². The summed E-state index contributed by atoms with van der Waals surface area (Å²) in [5.41, 5.74) is 5.45. The van der Waals surface area contributed by atoms with Crippen LogP contribution >= 0.6 is 23.4 Å². The number of nitrogens with one attached hydrogen (secondary N) is 1. The molecule has 0 aliphatic heterocycles. The smallest absolute Gasteiger partial charge is 0.166 e. The molecule has 0 radical (unpaired) electrons. The van der Waals surface area contributed by atoms with Crippen molar-refractivity contribution in [1.29, 1.82) is 0 Å². The molecule has 0 saturated heterocycles. The molecule has 3 aromatic carbocycles. The third-order valence-corrected chi connectivity index (χ3v) is 5.24. The maximum atomic E-state index is 6.08. The van der Waals surface area contributed by atoms with Gasteiger partial charge in [-0.1, -0.05) is 96.2 Å². The zero-order chi connectivity index (χ0) is 17.8. The van der Waals surface area contributed by atoms with E-state index < -0.39 is 0 Å². The summed E-state index contributed by atoms with van der Waals surface area (Å²) in [6, 6.07) is 28.5. The van der Waals surface area contributed by atoms with E-state index in [0.717, 1.165) is 38.4 Å². The van der Waals surface area contributed by atoms with Gasteiger partial charge in [0.15, 0.2) is 5.16 Å². The van der Waals surface area contributed by atoms with Crippen LogP contribution in [0.5, 0.6) is 0 Å². The average Bonchev–Trinajstić information content (AvgIpc) is 3.12. The topological polar surface area (TPSA) is 28.7 Å². The Balaban J connectivity index is 1.67. The van der Waals surface area contributed by atoms with Crippen LogP contribution in [0.2, 0.25) is 5.02 Å². The number of aromatic nitrogens is 2. The van der Waals surface area contributed by atoms with E-state index in [1.165, 1.54) is 5.56 Å². The number of thioether (sulfide) groups is 1. The molecule has 1 aromatic heterocycles. The van der Waals surface area contributed by atoms with Gasteiger partial charge in [0.2, 0.25) is 0 Å². The lowest BCUT2D eigenvalue weighted by Crippen LogP contribution is -1.82. The first kappa shape index (κ1) is 17.0. The first-order valence-corrected chi connectivity index (χ1v) is 9.74. The standard InChI is InChI=1S/C22H17ClN2S/c23-19-13-7-8-16(14-19)15-26-22-24-20(17-9-3-1-4-10-17)21(25-22)18-11-5-2-6-12-18/h1-14H,15H2,(H,24,25). The minimum absolute atomic E-state index is 0.762. The lowest BCUT2D eigenvalue weighted by atomic mass is 10.1. The quantitative estimate of drug-likeness (QED) is 0.393. The highest BCUT2D eigenvalue weighted by Crippen LogP contribution is 2.33. The number of hydrogen-bond donors (Lipinski definition) is 1. The molecule has 0 bridgehead atoms. The molecule has 26 heavy (non-hydrogen) atoms. The third kappa shape index (κ3) is 3.85. The normalized spacial score (nSPS) is 10.8. The molecule has 4 heteroatoms. The van der Waals surface area contributed by atoms with Gasteiger partial charge >= 0.3 is 0 Å². The Kier molecular flexibility index (Phi) is 5.09. The van der Waals surface area contributed by atoms with Crippen molar-refractivity contribution in [1.82, 2.24) is 9.97 Å². The molecule has 0 unspecified atom stereocenters. The van der Waals surface area contributed by atoms with Crippen molar-refractivity contribution >= 4 is 23.4 Å². The van der Waals surface area contributed by atoms with Crippen LogP contribution in [0.1, 0.15) is 5.56 Å². The minimum Gasteiger partial charge on any atom is -0.332 e. The fourth-order valence-corrected chi connectivity index (χ4v) is 3.84. The molecular formula is C22H17ClN2S. The lowest BCUT2D eigenvalue weighted by Gasteiger charge is -2.02. The van der Waals surface area contributed by atoms with Crippen LogP contribution in [0.15, 0.2) is 90.1 Å². The van der Waals surface area contributed by atoms with Gasteiger partial charge in [-0.05, 0) is 17.7 Å². The van der Waals surface area contributed by atoms with Crippen LogP contribution in [0.4, 0.5) is 0 Å². The first-order chi connectivity index (χ1) is 12.8. The number of benzene rings is 3. The highest BCUT2D eigenvalue weighted by molar-refractivity contribution is 7.98. The Morgan fingerprint density at radius 2 is 1.50 bits per heavy atom. The van der Waals surface area contributed by atoms with Crippen molar-refractivity contribution in [2.45, 2.75) is 10.9 Å². The summed E-state index contributed by atoms with van der Waals surface area (Å²) in [4.78, 5) is 8.37. The maximum Gasteiger partial charge on any atom is 0.166 e. The largest absolute Gasteiger partial charge is 0.332 e. The Labute approximate surface area is 162 Å². The van der Waals surface area contributed by atoms with Crippen molar-refractivity contribution in [3.8, 4) is 22.5 Å². The van der Waals surface area contributed by atoms with Gasteiger partial charge in [-0.25, -0.2) is 4.98 Å². The molecule has 0 amide bonds. The molecule has 1 N–H and O–H groups in total. The van der Waals surface area contributed by atoms with Crippen LogP contribution in [0.25, 0.3) is 22.5 Å². The molecule has 0 saturated carbocycles. The Morgan fingerprint density at radius 3 is 2.19 bits per heavy atom. The first-order valence-electron chi connectivity index (χ1n) is 8.38. The molecule has 4 rings (SSSR count). The van der Waals surface area contributed by atoms with Gasteiger partial charge in [-0.15, -0.1) is 0 Å². The predicted molar refractivity (Wildman–Crippen MR) is 110 cm³/mol. The number of halogens is 1. The maximum absolute atomic E-state index is 6.08. The molecule has 0 fully saturated rings. The van der Waals surface area contributed by atoms with Gasteiger partial charge < -0.3 is 4.98 Å². The lowest BCUT2D eigenvalue weighted by molar-refractivity contribution is 1.06. The van der Waals surface area contributed by atoms with Gasteiger partial charge in [-0.2, -0.15) is 0 Å². The highest BCUT2D eigenvalue weighted by Gasteiger charge is 2.14. The summed E-state index contributed by atoms with van der Waals surface area (Å²) in [5.74, 6) is 0.816. The van der Waals surface area contributed by atoms with Crippen LogP contribution in [0, 0.1) is 0 Å². The van der Waals surface area contributed by atoms with Crippen molar-refractivity contribution in [3.05, 3.63) is 95.5 Å². The van der Waals surface area contributed by atoms with Crippen LogP contribution < -0.4 is 0 Å². The molecule has 128 valence electrons. The summed E-state index contributed by atoms with van der Waals surface area (Å²) in [5, 5.41) is 1.67. The highest BCUT2D eigenvalue weighted by atomic mass is 35.5. The molecular weight excluding hydrogens is 360 g/mol. The Hall–Kier alpha value is -2.49. The zero-order valence-electron chi connectivity index (χ0n) is 14.0. The van der Waals surface area contributed by atoms with Crippen molar-refractivity contribution in [2.24, 2.45) is 0 Å². The predicted octanol–water partition coefficient (Wildman–Crippen LogP) is 6.69. The fourth-order valence-electron chi connectivity index (χ4n) is 2.82.